The summed E-state index contributed by atoms with van der Waals surface area (Å²) in [6, 6.07) is 5.53. The summed E-state index contributed by atoms with van der Waals surface area (Å²) in [6.07, 6.45) is 13.0. The molecular formula is C39H39F3N6O4. The largest absolute Gasteiger partial charge is 0.508 e. The van der Waals surface area contributed by atoms with Crippen LogP contribution in [0.1, 0.15) is 50.5 Å². The minimum atomic E-state index is -0.836. The smallest absolute Gasteiger partial charge is 0.319 e. The molecule has 4 saturated heterocycles. The number of hydrogen-bond acceptors (Lipinski definition) is 10. The van der Waals surface area contributed by atoms with Crippen LogP contribution < -0.4 is 19.7 Å². The van der Waals surface area contributed by atoms with Gasteiger partial charge in [0.1, 0.15) is 40.6 Å². The van der Waals surface area contributed by atoms with E-state index in [0.717, 1.165) is 45.1 Å². The van der Waals surface area contributed by atoms with E-state index in [1.54, 1.807) is 0 Å². The van der Waals surface area contributed by atoms with E-state index in [4.69, 9.17) is 25.6 Å². The molecular weight excluding hydrogens is 673 g/mol. The van der Waals surface area contributed by atoms with Gasteiger partial charge in [0.25, 0.3) is 0 Å². The van der Waals surface area contributed by atoms with Gasteiger partial charge in [0, 0.05) is 36.6 Å². The highest BCUT2D eigenvalue weighted by atomic mass is 19.1. The van der Waals surface area contributed by atoms with Gasteiger partial charge in [0.15, 0.2) is 5.82 Å². The quantitative estimate of drug-likeness (QED) is 0.208. The van der Waals surface area contributed by atoms with Crippen molar-refractivity contribution in [2.24, 2.45) is 0 Å². The highest BCUT2D eigenvalue weighted by molar-refractivity contribution is 6.04. The maximum Gasteiger partial charge on any atom is 0.319 e. The predicted octanol–water partition coefficient (Wildman–Crippen LogP) is 5.78. The van der Waals surface area contributed by atoms with Crippen LogP contribution in [0.5, 0.6) is 17.6 Å². The fraction of sp³-hybridized carbons (Fsp3) is 0.462. The van der Waals surface area contributed by atoms with E-state index in [1.165, 1.54) is 31.4 Å². The number of aromatic hydroxyl groups is 1. The Morgan fingerprint density at radius 2 is 1.98 bits per heavy atom. The van der Waals surface area contributed by atoms with Crippen LogP contribution in [0.2, 0.25) is 0 Å². The van der Waals surface area contributed by atoms with E-state index in [1.807, 2.05) is 0 Å². The van der Waals surface area contributed by atoms with Crippen LogP contribution in [0, 0.1) is 24.0 Å². The summed E-state index contributed by atoms with van der Waals surface area (Å²) in [5.74, 6) is 1.16. The van der Waals surface area contributed by atoms with Gasteiger partial charge in [0.05, 0.1) is 42.8 Å². The van der Waals surface area contributed by atoms with Gasteiger partial charge in [-0.15, -0.1) is 6.42 Å². The number of nitrogens with one attached hydrogen (secondary N) is 1. The van der Waals surface area contributed by atoms with Crippen molar-refractivity contribution < 1.29 is 32.5 Å². The lowest BCUT2D eigenvalue weighted by atomic mass is 9.94. The number of phenolic OH excluding ortho intramolecular Hbond substituents is 1. The second-order valence-corrected chi connectivity index (χ2v) is 15.0. The van der Waals surface area contributed by atoms with E-state index in [-0.39, 0.29) is 75.0 Å². The first kappa shape index (κ1) is 33.2. The number of methoxy groups -OCH3 is 1. The van der Waals surface area contributed by atoms with Crippen LogP contribution in [-0.4, -0.2) is 94.7 Å². The molecule has 52 heavy (non-hydrogen) atoms. The van der Waals surface area contributed by atoms with Crippen molar-refractivity contribution >= 4 is 27.5 Å². The van der Waals surface area contributed by atoms with Crippen LogP contribution in [0.4, 0.5) is 19.0 Å². The van der Waals surface area contributed by atoms with Gasteiger partial charge in [-0.1, -0.05) is 12.0 Å². The van der Waals surface area contributed by atoms with Crippen LogP contribution in [0.3, 0.4) is 0 Å². The number of halogens is 3. The van der Waals surface area contributed by atoms with Crippen LogP contribution in [0.25, 0.3) is 32.9 Å². The number of hydrogen-bond donors (Lipinski definition) is 2. The van der Waals surface area contributed by atoms with Crippen molar-refractivity contribution in [3.8, 4) is 41.2 Å². The van der Waals surface area contributed by atoms with Gasteiger partial charge in [-0.05, 0) is 80.6 Å². The molecule has 2 bridgehead atoms. The minimum absolute atomic E-state index is 0.0372. The van der Waals surface area contributed by atoms with Crippen molar-refractivity contribution in [1.82, 2.24) is 25.2 Å². The van der Waals surface area contributed by atoms with E-state index in [2.05, 4.69) is 31.0 Å². The van der Waals surface area contributed by atoms with E-state index < -0.39 is 17.2 Å². The third-order valence-corrected chi connectivity index (χ3v) is 11.5. The van der Waals surface area contributed by atoms with Crippen LogP contribution >= 0.6 is 0 Å². The lowest BCUT2D eigenvalue weighted by Crippen LogP contribution is -2.62. The number of ether oxygens (including phenoxy) is 3. The van der Waals surface area contributed by atoms with Crippen molar-refractivity contribution in [2.75, 3.05) is 51.4 Å². The molecule has 13 heteroatoms. The molecule has 6 heterocycles. The standard InChI is InChI=1S/C39H39F3N6O4/c1-3-27-29(41)8-5-23-13-25(49)14-28(30(23)27)33-32(42)34-31(36(43-33)50-2)35(47-18-24-9-11-38(19-47,46-24)20-51-26-6-7-26)45-37(44-34)52-21-39-10-4-12-48(39)17-22(15-39)16-40/h1,5,8,13-14,16,24,26,46,49H,4,6-7,9-12,15,17-21H2,2H3/b22-16-/t24?,38?,39-/m0/s1. The van der Waals surface area contributed by atoms with Gasteiger partial charge in [-0.25, -0.2) is 18.2 Å². The number of terminal acetylenes is 1. The molecule has 2 unspecified atom stereocenters. The van der Waals surface area contributed by atoms with E-state index in [0.29, 0.717) is 55.8 Å². The molecule has 1 saturated carbocycles. The third-order valence-electron chi connectivity index (χ3n) is 11.5. The second-order valence-electron chi connectivity index (χ2n) is 15.0. The zero-order valence-electron chi connectivity index (χ0n) is 28.9. The molecule has 10 nitrogen and oxygen atoms in total. The summed E-state index contributed by atoms with van der Waals surface area (Å²) >= 11 is 0. The third kappa shape index (κ3) is 5.50. The Morgan fingerprint density at radius 1 is 1.12 bits per heavy atom. The fourth-order valence-corrected chi connectivity index (χ4v) is 8.95. The number of anilines is 1. The average Bonchev–Trinajstić information content (AvgIpc) is 3.70. The lowest BCUT2D eigenvalue weighted by molar-refractivity contribution is 0.0606. The van der Waals surface area contributed by atoms with E-state index >= 15 is 8.78 Å². The number of aromatic nitrogens is 3. The molecule has 0 spiro atoms. The van der Waals surface area contributed by atoms with Crippen molar-refractivity contribution in [2.45, 2.75) is 68.2 Å². The lowest BCUT2D eigenvalue weighted by Gasteiger charge is -2.42. The number of phenols is 1. The van der Waals surface area contributed by atoms with Crippen LogP contribution in [-0.2, 0) is 4.74 Å². The topological polar surface area (TPSA) is 105 Å². The first-order valence-corrected chi connectivity index (χ1v) is 17.9. The number of fused-ring (bicyclic) bond motifs is 5. The summed E-state index contributed by atoms with van der Waals surface area (Å²) in [7, 11) is 1.43. The maximum absolute atomic E-state index is 17.3. The van der Waals surface area contributed by atoms with Crippen LogP contribution in [0.15, 0.2) is 36.2 Å². The zero-order valence-corrected chi connectivity index (χ0v) is 28.9. The normalized spacial score (nSPS) is 26.4. The highest BCUT2D eigenvalue weighted by Crippen LogP contribution is 2.45. The Hall–Kier alpha value is -4.64. The molecule has 2 N–H and O–H groups in total. The van der Waals surface area contributed by atoms with Gasteiger partial charge < -0.3 is 29.5 Å². The maximum atomic E-state index is 17.3. The minimum Gasteiger partial charge on any atom is -0.508 e. The number of pyridine rings is 1. The Labute approximate surface area is 299 Å². The summed E-state index contributed by atoms with van der Waals surface area (Å²) in [5.41, 5.74) is -0.364. The van der Waals surface area contributed by atoms with Gasteiger partial charge in [-0.3, -0.25) is 4.90 Å². The summed E-state index contributed by atoms with van der Waals surface area (Å²) in [4.78, 5) is 18.6. The summed E-state index contributed by atoms with van der Waals surface area (Å²) < 4.78 is 64.5. The molecule has 3 atom stereocenters. The molecule has 2 aromatic carbocycles. The summed E-state index contributed by atoms with van der Waals surface area (Å²) in [5, 5.41) is 15.4. The van der Waals surface area contributed by atoms with Crippen molar-refractivity contribution in [1.29, 1.82) is 0 Å². The molecule has 270 valence electrons. The predicted molar refractivity (Wildman–Crippen MR) is 189 cm³/mol. The van der Waals surface area contributed by atoms with Gasteiger partial charge in [-0.2, -0.15) is 9.97 Å². The fourth-order valence-electron chi connectivity index (χ4n) is 8.95. The number of piperazine rings is 1. The van der Waals surface area contributed by atoms with Crippen molar-refractivity contribution in [3.63, 3.8) is 0 Å². The van der Waals surface area contributed by atoms with Gasteiger partial charge >= 0.3 is 6.01 Å². The molecule has 5 fully saturated rings. The Kier molecular flexibility index (Phi) is 7.98. The molecule has 2 aromatic heterocycles. The number of nitrogens with zero attached hydrogens (tertiary/aromatic N) is 5. The number of benzene rings is 2. The van der Waals surface area contributed by atoms with E-state index in [9.17, 15) is 9.50 Å². The zero-order chi connectivity index (χ0) is 35.8. The Morgan fingerprint density at radius 3 is 2.77 bits per heavy atom. The molecule has 1 aliphatic carbocycles. The first-order valence-electron chi connectivity index (χ1n) is 17.9. The molecule has 0 amide bonds. The summed E-state index contributed by atoms with van der Waals surface area (Å²) in [6.45, 7) is 3.24. The highest BCUT2D eigenvalue weighted by Gasteiger charge is 2.48. The first-order chi connectivity index (χ1) is 25.2. The van der Waals surface area contributed by atoms with Crippen molar-refractivity contribution in [3.05, 3.63) is 53.4 Å². The number of rotatable bonds is 9. The molecule has 4 aliphatic heterocycles. The average molecular weight is 713 g/mol. The molecule has 5 aliphatic rings. The SMILES string of the molecule is C#Cc1c(F)ccc2cc(O)cc(-c3nc(OC)c4c(N5CC6CCC(COC7CC7)(C5)N6)nc(OC[C@@]56CCCN5C/C(=C\F)C6)nc4c3F)c12. The molecule has 9 rings (SSSR count). The Balaban J connectivity index is 1.21. The second kappa shape index (κ2) is 12.5. The monoisotopic (exact) mass is 712 g/mol. The molecule has 4 aromatic rings. The van der Waals surface area contributed by atoms with Gasteiger partial charge in [0.2, 0.25) is 5.88 Å². The Bertz CT molecular complexity index is 2190. The molecule has 0 radical (unpaired) electrons.